The van der Waals surface area contributed by atoms with Gasteiger partial charge in [0.1, 0.15) is 6.10 Å². The number of hydrogen-bond donors (Lipinski definition) is 1. The SMILES string of the molecule is CCC(C)=CC(=O)OC1c2c(C)coc2C(=O)C2CC(O)CC(C)C21C. The quantitative estimate of drug-likeness (QED) is 0.647. The minimum absolute atomic E-state index is 0.0247. The molecule has 0 aliphatic heterocycles. The molecule has 1 N–H and O–H groups in total. The molecule has 1 saturated carbocycles. The number of allylic oxidation sites excluding steroid dienone is 1. The van der Waals surface area contributed by atoms with Gasteiger partial charge in [-0.3, -0.25) is 4.79 Å². The van der Waals surface area contributed by atoms with Gasteiger partial charge in [0, 0.05) is 23.0 Å². The standard InChI is InChI=1S/C21H28O5/c1-6-11(2)7-16(23)26-20-17-12(3)10-25-19(17)18(24)15-9-14(22)8-13(4)21(15,20)5/h7,10,13-15,20,22H,6,8-9H2,1-5H3. The molecule has 3 rings (SSSR count). The molecule has 5 nitrogen and oxygen atoms in total. The summed E-state index contributed by atoms with van der Waals surface area (Å²) in [5, 5.41) is 10.2. The van der Waals surface area contributed by atoms with Crippen molar-refractivity contribution in [1.82, 2.24) is 0 Å². The summed E-state index contributed by atoms with van der Waals surface area (Å²) in [5.41, 5.74) is 1.88. The van der Waals surface area contributed by atoms with Gasteiger partial charge in [-0.25, -0.2) is 4.79 Å². The zero-order valence-corrected chi connectivity index (χ0v) is 16.2. The molecule has 1 heterocycles. The van der Waals surface area contributed by atoms with Gasteiger partial charge in [-0.2, -0.15) is 0 Å². The highest BCUT2D eigenvalue weighted by atomic mass is 16.5. The van der Waals surface area contributed by atoms with Crippen molar-refractivity contribution >= 4 is 11.8 Å². The largest absolute Gasteiger partial charge is 0.461 e. The Morgan fingerprint density at radius 2 is 2.15 bits per heavy atom. The Morgan fingerprint density at radius 3 is 2.81 bits per heavy atom. The third kappa shape index (κ3) is 2.82. The normalized spacial score (nSPS) is 34.2. The summed E-state index contributed by atoms with van der Waals surface area (Å²) in [5.74, 6) is -0.604. The first-order valence-corrected chi connectivity index (χ1v) is 9.38. The third-order valence-electron chi connectivity index (χ3n) is 6.49. The molecule has 0 saturated heterocycles. The van der Waals surface area contributed by atoms with Crippen molar-refractivity contribution in [2.24, 2.45) is 17.3 Å². The number of furan rings is 1. The van der Waals surface area contributed by atoms with Gasteiger partial charge < -0.3 is 14.3 Å². The molecule has 0 aromatic carbocycles. The van der Waals surface area contributed by atoms with E-state index in [4.69, 9.17) is 9.15 Å². The van der Waals surface area contributed by atoms with Crippen LogP contribution in [0.2, 0.25) is 0 Å². The summed E-state index contributed by atoms with van der Waals surface area (Å²) < 4.78 is 11.5. The monoisotopic (exact) mass is 360 g/mol. The van der Waals surface area contributed by atoms with Crippen LogP contribution in [0, 0.1) is 24.2 Å². The molecule has 26 heavy (non-hydrogen) atoms. The van der Waals surface area contributed by atoms with Gasteiger partial charge in [0.05, 0.1) is 12.4 Å². The first-order valence-electron chi connectivity index (χ1n) is 9.38. The van der Waals surface area contributed by atoms with E-state index in [2.05, 4.69) is 0 Å². The highest BCUT2D eigenvalue weighted by molar-refractivity contribution is 5.99. The lowest BCUT2D eigenvalue weighted by Gasteiger charge is -2.52. The van der Waals surface area contributed by atoms with Crippen LogP contribution in [0.5, 0.6) is 0 Å². The summed E-state index contributed by atoms with van der Waals surface area (Å²) in [4.78, 5) is 25.6. The Morgan fingerprint density at radius 1 is 1.46 bits per heavy atom. The molecule has 0 amide bonds. The Hall–Kier alpha value is -1.88. The zero-order valence-electron chi connectivity index (χ0n) is 16.2. The fraction of sp³-hybridized carbons (Fsp3) is 0.619. The van der Waals surface area contributed by atoms with E-state index in [9.17, 15) is 14.7 Å². The van der Waals surface area contributed by atoms with Crippen molar-refractivity contribution in [3.63, 3.8) is 0 Å². The molecular formula is C21H28O5. The molecule has 5 heteroatoms. The van der Waals surface area contributed by atoms with Gasteiger partial charge in [0.25, 0.3) is 0 Å². The van der Waals surface area contributed by atoms with Crippen molar-refractivity contribution in [2.45, 2.75) is 66.1 Å². The second-order valence-electron chi connectivity index (χ2n) is 8.13. The zero-order chi connectivity index (χ0) is 19.2. The summed E-state index contributed by atoms with van der Waals surface area (Å²) >= 11 is 0. The van der Waals surface area contributed by atoms with Gasteiger partial charge in [0.2, 0.25) is 5.78 Å². The number of carbonyl (C=O) groups is 2. The maximum Gasteiger partial charge on any atom is 0.331 e. The van der Waals surface area contributed by atoms with Crippen LogP contribution in [0.4, 0.5) is 0 Å². The number of ether oxygens (including phenoxy) is 1. The first kappa shape index (κ1) is 18.9. The number of esters is 1. The maximum absolute atomic E-state index is 13.1. The van der Waals surface area contributed by atoms with Crippen LogP contribution in [0.1, 0.15) is 74.7 Å². The molecule has 142 valence electrons. The van der Waals surface area contributed by atoms with E-state index in [0.29, 0.717) is 18.4 Å². The molecule has 2 aliphatic rings. The van der Waals surface area contributed by atoms with E-state index in [1.54, 1.807) is 6.26 Å². The number of ketones is 1. The van der Waals surface area contributed by atoms with Crippen LogP contribution in [0.15, 0.2) is 22.3 Å². The van der Waals surface area contributed by atoms with Crippen LogP contribution in [0.3, 0.4) is 0 Å². The van der Waals surface area contributed by atoms with Gasteiger partial charge in [-0.05, 0) is 44.6 Å². The van der Waals surface area contributed by atoms with E-state index in [1.807, 2.05) is 34.6 Å². The molecule has 2 aliphatic carbocycles. The van der Waals surface area contributed by atoms with E-state index in [1.165, 1.54) is 6.08 Å². The molecule has 0 bridgehead atoms. The molecule has 1 fully saturated rings. The molecule has 5 atom stereocenters. The number of aryl methyl sites for hydroxylation is 1. The lowest BCUT2D eigenvalue weighted by molar-refractivity contribution is -0.163. The van der Waals surface area contributed by atoms with Gasteiger partial charge in [-0.15, -0.1) is 0 Å². The number of rotatable bonds is 3. The molecule has 1 aromatic heterocycles. The number of carbonyl (C=O) groups excluding carboxylic acids is 2. The second kappa shape index (κ2) is 6.69. The van der Waals surface area contributed by atoms with Gasteiger partial charge in [-0.1, -0.05) is 26.3 Å². The number of aliphatic hydroxyl groups is 1. The summed E-state index contributed by atoms with van der Waals surface area (Å²) in [6.45, 7) is 9.78. The molecule has 0 radical (unpaired) electrons. The molecule has 5 unspecified atom stereocenters. The number of hydrogen-bond acceptors (Lipinski definition) is 5. The lowest BCUT2D eigenvalue weighted by Crippen LogP contribution is -2.53. The van der Waals surface area contributed by atoms with E-state index in [-0.39, 0.29) is 17.5 Å². The van der Waals surface area contributed by atoms with Crippen molar-refractivity contribution in [3.05, 3.63) is 34.8 Å². The Kier molecular flexibility index (Phi) is 4.86. The predicted molar refractivity (Wildman–Crippen MR) is 96.7 cm³/mol. The lowest BCUT2D eigenvalue weighted by atomic mass is 9.53. The molecular weight excluding hydrogens is 332 g/mol. The Balaban J connectivity index is 2.09. The topological polar surface area (TPSA) is 76.7 Å². The van der Waals surface area contributed by atoms with Crippen molar-refractivity contribution in [1.29, 1.82) is 0 Å². The smallest absolute Gasteiger partial charge is 0.331 e. The van der Waals surface area contributed by atoms with E-state index in [0.717, 1.165) is 17.6 Å². The van der Waals surface area contributed by atoms with Crippen LogP contribution >= 0.6 is 0 Å². The van der Waals surface area contributed by atoms with Crippen LogP contribution < -0.4 is 0 Å². The van der Waals surface area contributed by atoms with Gasteiger partial charge >= 0.3 is 5.97 Å². The van der Waals surface area contributed by atoms with Crippen molar-refractivity contribution in [2.75, 3.05) is 0 Å². The maximum atomic E-state index is 13.1. The van der Waals surface area contributed by atoms with Crippen molar-refractivity contribution in [3.8, 4) is 0 Å². The third-order valence-corrected chi connectivity index (χ3v) is 6.49. The average Bonchev–Trinajstić information content (AvgIpc) is 2.96. The minimum Gasteiger partial charge on any atom is -0.461 e. The fourth-order valence-electron chi connectivity index (χ4n) is 4.54. The van der Waals surface area contributed by atoms with Crippen LogP contribution in [-0.2, 0) is 9.53 Å². The van der Waals surface area contributed by atoms with Gasteiger partial charge in [0.15, 0.2) is 5.76 Å². The average molecular weight is 360 g/mol. The van der Waals surface area contributed by atoms with Crippen molar-refractivity contribution < 1.29 is 23.8 Å². The summed E-state index contributed by atoms with van der Waals surface area (Å²) in [6.07, 6.45) is 3.72. The highest BCUT2D eigenvalue weighted by Crippen LogP contribution is 2.59. The highest BCUT2D eigenvalue weighted by Gasteiger charge is 2.59. The molecule has 0 spiro atoms. The fourth-order valence-corrected chi connectivity index (χ4v) is 4.54. The van der Waals surface area contributed by atoms with Crippen LogP contribution in [-0.4, -0.2) is 23.0 Å². The van der Waals surface area contributed by atoms with E-state index >= 15 is 0 Å². The Bertz CT molecular complexity index is 758. The number of Topliss-reactive ketones (excluding diaryl/α,β-unsaturated/α-hetero) is 1. The number of aliphatic hydroxyl groups excluding tert-OH is 1. The predicted octanol–water partition coefficient (Wildman–Crippen LogP) is 4.14. The molecule has 1 aromatic rings. The number of fused-ring (bicyclic) bond motifs is 2. The minimum atomic E-state index is -0.568. The van der Waals surface area contributed by atoms with Crippen LogP contribution in [0.25, 0.3) is 0 Å². The summed E-state index contributed by atoms with van der Waals surface area (Å²) in [7, 11) is 0. The van der Waals surface area contributed by atoms with E-state index < -0.39 is 29.5 Å². The summed E-state index contributed by atoms with van der Waals surface area (Å²) in [6, 6.07) is 0. The first-order chi connectivity index (χ1) is 12.2. The second-order valence-corrected chi connectivity index (χ2v) is 8.13. The Labute approximate surface area is 154 Å².